The van der Waals surface area contributed by atoms with Crippen LogP contribution in [0.15, 0.2) is 11.4 Å². The summed E-state index contributed by atoms with van der Waals surface area (Å²) < 4.78 is 0. The third-order valence-electron chi connectivity index (χ3n) is 0.923. The molecule has 1 heterocycles. The zero-order valence-electron chi connectivity index (χ0n) is 4.42. The van der Waals surface area contributed by atoms with E-state index in [2.05, 4.69) is 5.38 Å². The van der Waals surface area contributed by atoms with Crippen molar-refractivity contribution in [1.29, 1.82) is 0 Å². The highest BCUT2D eigenvalue weighted by Gasteiger charge is 1.87. The van der Waals surface area contributed by atoms with Gasteiger partial charge in [-0.05, 0) is 23.4 Å². The Bertz CT molecular complexity index is 134. The summed E-state index contributed by atoms with van der Waals surface area (Å²) in [5.41, 5.74) is 1.18. The summed E-state index contributed by atoms with van der Waals surface area (Å²) in [4.78, 5) is 0. The number of aliphatic hydroxyl groups is 1. The van der Waals surface area contributed by atoms with Crippen molar-refractivity contribution in [2.45, 2.75) is 6.42 Å². The molecule has 0 aliphatic rings. The van der Waals surface area contributed by atoms with Crippen LogP contribution in [0.3, 0.4) is 0 Å². The Morgan fingerprint density at radius 2 is 2.62 bits per heavy atom. The fourth-order valence-corrected chi connectivity index (χ4v) is 1.14. The van der Waals surface area contributed by atoms with Gasteiger partial charge in [0.05, 0.1) is 0 Å². The number of hydrogen-bond acceptors (Lipinski definition) is 2. The van der Waals surface area contributed by atoms with Crippen LogP contribution < -0.4 is 0 Å². The van der Waals surface area contributed by atoms with Crippen molar-refractivity contribution in [2.75, 3.05) is 6.61 Å². The summed E-state index contributed by atoms with van der Waals surface area (Å²) in [7, 11) is 0. The smallest absolute Gasteiger partial charge is 0.0471 e. The molecular formula is C6H7OS. The Balaban J connectivity index is 2.50. The van der Waals surface area contributed by atoms with Crippen LogP contribution in [-0.4, -0.2) is 11.7 Å². The summed E-state index contributed by atoms with van der Waals surface area (Å²) in [6, 6.07) is 1.90. The quantitative estimate of drug-likeness (QED) is 0.630. The maximum Gasteiger partial charge on any atom is 0.0471 e. The van der Waals surface area contributed by atoms with Crippen molar-refractivity contribution >= 4 is 11.3 Å². The van der Waals surface area contributed by atoms with Crippen molar-refractivity contribution in [3.63, 3.8) is 0 Å². The lowest BCUT2D eigenvalue weighted by molar-refractivity contribution is 0.300. The zero-order valence-corrected chi connectivity index (χ0v) is 5.24. The molecule has 0 unspecified atom stereocenters. The molecule has 1 N–H and O–H groups in total. The second kappa shape index (κ2) is 2.84. The number of rotatable bonds is 2. The molecule has 1 rings (SSSR count). The zero-order chi connectivity index (χ0) is 5.82. The Kier molecular flexibility index (Phi) is 2.06. The SMILES string of the molecule is OCCc1c[c]sc1. The van der Waals surface area contributed by atoms with Gasteiger partial charge in [0.25, 0.3) is 0 Å². The topological polar surface area (TPSA) is 20.2 Å². The normalized spacial score (nSPS) is 9.62. The van der Waals surface area contributed by atoms with Crippen LogP contribution in [0.25, 0.3) is 0 Å². The maximum atomic E-state index is 8.43. The van der Waals surface area contributed by atoms with E-state index in [1.807, 2.05) is 11.4 Å². The molecule has 8 heavy (non-hydrogen) atoms. The van der Waals surface area contributed by atoms with Gasteiger partial charge in [-0.1, -0.05) is 0 Å². The lowest BCUT2D eigenvalue weighted by Gasteiger charge is -1.85. The first kappa shape index (κ1) is 5.79. The highest BCUT2D eigenvalue weighted by atomic mass is 32.1. The molecule has 0 saturated carbocycles. The van der Waals surface area contributed by atoms with E-state index in [-0.39, 0.29) is 6.61 Å². The van der Waals surface area contributed by atoms with Crippen molar-refractivity contribution in [2.24, 2.45) is 0 Å². The van der Waals surface area contributed by atoms with Gasteiger partial charge >= 0.3 is 0 Å². The predicted molar refractivity (Wildman–Crippen MR) is 33.9 cm³/mol. The van der Waals surface area contributed by atoms with Crippen LogP contribution >= 0.6 is 11.3 Å². The van der Waals surface area contributed by atoms with Gasteiger partial charge in [0.1, 0.15) is 0 Å². The van der Waals surface area contributed by atoms with E-state index in [0.717, 1.165) is 6.42 Å². The molecule has 1 nitrogen and oxygen atoms in total. The van der Waals surface area contributed by atoms with Crippen LogP contribution in [0.5, 0.6) is 0 Å². The number of hydrogen-bond donors (Lipinski definition) is 1. The minimum Gasteiger partial charge on any atom is -0.396 e. The van der Waals surface area contributed by atoms with Crippen molar-refractivity contribution in [1.82, 2.24) is 0 Å². The molecule has 0 amide bonds. The summed E-state index contributed by atoms with van der Waals surface area (Å²) in [6.45, 7) is 0.241. The van der Waals surface area contributed by atoms with Crippen molar-refractivity contribution in [3.8, 4) is 0 Å². The third kappa shape index (κ3) is 1.32. The average molecular weight is 127 g/mol. The lowest BCUT2D eigenvalue weighted by atomic mass is 10.3. The maximum absolute atomic E-state index is 8.43. The minimum atomic E-state index is 0.241. The van der Waals surface area contributed by atoms with Crippen LogP contribution in [0.2, 0.25) is 0 Å². The summed E-state index contributed by atoms with van der Waals surface area (Å²) in [5, 5.41) is 13.4. The van der Waals surface area contributed by atoms with E-state index in [1.54, 1.807) is 11.3 Å². The molecule has 0 aliphatic heterocycles. The van der Waals surface area contributed by atoms with Gasteiger partial charge in [-0.25, -0.2) is 0 Å². The average Bonchev–Trinajstić information content (AvgIpc) is 2.19. The number of thiophene rings is 1. The first-order valence-electron chi connectivity index (χ1n) is 2.48. The highest BCUT2D eigenvalue weighted by molar-refractivity contribution is 7.07. The number of aliphatic hydroxyl groups excluding tert-OH is 1. The van der Waals surface area contributed by atoms with Crippen LogP contribution in [-0.2, 0) is 6.42 Å². The third-order valence-corrected chi connectivity index (χ3v) is 1.60. The highest BCUT2D eigenvalue weighted by Crippen LogP contribution is 2.04. The molecule has 43 valence electrons. The molecule has 0 saturated heterocycles. The largest absolute Gasteiger partial charge is 0.396 e. The monoisotopic (exact) mass is 127 g/mol. The molecule has 0 bridgehead atoms. The second-order valence-electron chi connectivity index (χ2n) is 1.55. The molecule has 0 fully saturated rings. The lowest BCUT2D eigenvalue weighted by Crippen LogP contribution is -1.85. The summed E-state index contributed by atoms with van der Waals surface area (Å²) in [6.07, 6.45) is 0.764. The molecule has 0 atom stereocenters. The van der Waals surface area contributed by atoms with Crippen LogP contribution in [0, 0.1) is 5.38 Å². The fourth-order valence-electron chi connectivity index (χ4n) is 0.514. The molecule has 0 aromatic carbocycles. The minimum absolute atomic E-state index is 0.241. The van der Waals surface area contributed by atoms with Gasteiger partial charge in [-0.15, -0.1) is 11.3 Å². The molecule has 1 radical (unpaired) electrons. The summed E-state index contributed by atoms with van der Waals surface area (Å²) in [5.74, 6) is 0. The molecule has 1 aromatic heterocycles. The first-order chi connectivity index (χ1) is 3.93. The Morgan fingerprint density at radius 3 is 3.12 bits per heavy atom. The van der Waals surface area contributed by atoms with Gasteiger partial charge in [0.2, 0.25) is 0 Å². The fraction of sp³-hybridized carbons (Fsp3) is 0.333. The second-order valence-corrected chi connectivity index (χ2v) is 2.25. The molecule has 0 spiro atoms. The predicted octanol–water partition coefficient (Wildman–Crippen LogP) is 1.08. The van der Waals surface area contributed by atoms with E-state index < -0.39 is 0 Å². The first-order valence-corrected chi connectivity index (χ1v) is 3.36. The Morgan fingerprint density at radius 1 is 1.75 bits per heavy atom. The van der Waals surface area contributed by atoms with Gasteiger partial charge < -0.3 is 5.11 Å². The molecule has 2 heteroatoms. The van der Waals surface area contributed by atoms with Crippen LogP contribution in [0.4, 0.5) is 0 Å². The molecule has 0 aliphatic carbocycles. The van der Waals surface area contributed by atoms with Crippen molar-refractivity contribution in [3.05, 3.63) is 22.4 Å². The standard InChI is InChI=1S/C6H7OS/c7-3-1-6-2-4-8-5-6/h2,5,7H,1,3H2. The van der Waals surface area contributed by atoms with Gasteiger partial charge in [0.15, 0.2) is 0 Å². The van der Waals surface area contributed by atoms with E-state index in [1.165, 1.54) is 5.56 Å². The van der Waals surface area contributed by atoms with Gasteiger partial charge in [-0.3, -0.25) is 0 Å². The van der Waals surface area contributed by atoms with Crippen molar-refractivity contribution < 1.29 is 5.11 Å². The molecular weight excluding hydrogens is 120 g/mol. The van der Waals surface area contributed by atoms with E-state index in [0.29, 0.717) is 0 Å². The summed E-state index contributed by atoms with van der Waals surface area (Å²) >= 11 is 1.54. The Labute approximate surface area is 52.6 Å². The van der Waals surface area contributed by atoms with Gasteiger partial charge in [-0.2, -0.15) is 0 Å². The van der Waals surface area contributed by atoms with Gasteiger partial charge in [0, 0.05) is 12.0 Å². The van der Waals surface area contributed by atoms with Crippen LogP contribution in [0.1, 0.15) is 5.56 Å². The van der Waals surface area contributed by atoms with E-state index >= 15 is 0 Å². The van der Waals surface area contributed by atoms with E-state index in [9.17, 15) is 0 Å². The van der Waals surface area contributed by atoms with E-state index in [4.69, 9.17) is 5.11 Å². The molecule has 1 aromatic rings. The Hall–Kier alpha value is -0.340.